The van der Waals surface area contributed by atoms with E-state index in [0.717, 1.165) is 37.0 Å². The third-order valence-electron chi connectivity index (χ3n) is 3.59. The molecule has 0 spiro atoms. The highest BCUT2D eigenvalue weighted by Crippen LogP contribution is 2.34. The van der Waals surface area contributed by atoms with E-state index in [9.17, 15) is 8.78 Å². The van der Waals surface area contributed by atoms with Crippen molar-refractivity contribution in [2.24, 2.45) is 5.16 Å². The molecule has 0 aliphatic heterocycles. The van der Waals surface area contributed by atoms with Gasteiger partial charge in [-0.05, 0) is 57.6 Å². The highest BCUT2D eigenvalue weighted by Gasteiger charge is 2.11. The van der Waals surface area contributed by atoms with E-state index < -0.39 is 6.08 Å². The summed E-state index contributed by atoms with van der Waals surface area (Å²) in [5.41, 5.74) is 1.80. The SMILES string of the molecule is CCc1cc(OCC=C(F)F)cc(Cl)c1OCCCCCCON=C(C)C. The molecule has 0 radical (unpaired) electrons. The molecule has 0 aliphatic carbocycles. The van der Waals surface area contributed by atoms with Crippen LogP contribution in [0, 0.1) is 0 Å². The second-order valence-corrected chi connectivity index (χ2v) is 6.59. The van der Waals surface area contributed by atoms with Crippen LogP contribution >= 0.6 is 11.6 Å². The summed E-state index contributed by atoms with van der Waals surface area (Å²) < 4.78 is 35.3. The second-order valence-electron chi connectivity index (χ2n) is 6.19. The van der Waals surface area contributed by atoms with Gasteiger partial charge in [-0.15, -0.1) is 0 Å². The number of rotatable bonds is 13. The summed E-state index contributed by atoms with van der Waals surface area (Å²) in [7, 11) is 0. The summed E-state index contributed by atoms with van der Waals surface area (Å²) in [5.74, 6) is 1.08. The van der Waals surface area contributed by atoms with Gasteiger partial charge in [-0.1, -0.05) is 23.7 Å². The van der Waals surface area contributed by atoms with Gasteiger partial charge < -0.3 is 14.3 Å². The lowest BCUT2D eigenvalue weighted by Gasteiger charge is -2.14. The van der Waals surface area contributed by atoms with Crippen molar-refractivity contribution in [3.8, 4) is 11.5 Å². The maximum atomic E-state index is 12.1. The fourth-order valence-corrected chi connectivity index (χ4v) is 2.59. The Hall–Kier alpha value is -1.82. The average Bonchev–Trinajstić information content (AvgIpc) is 2.60. The van der Waals surface area contributed by atoms with Gasteiger partial charge in [0.25, 0.3) is 6.08 Å². The van der Waals surface area contributed by atoms with Crippen molar-refractivity contribution in [1.82, 2.24) is 0 Å². The lowest BCUT2D eigenvalue weighted by Crippen LogP contribution is -2.02. The minimum atomic E-state index is -1.77. The first-order valence-electron chi connectivity index (χ1n) is 9.16. The zero-order chi connectivity index (χ0) is 20.1. The number of oxime groups is 1. The van der Waals surface area contributed by atoms with Gasteiger partial charge in [-0.2, -0.15) is 8.78 Å². The van der Waals surface area contributed by atoms with Gasteiger partial charge in [0.15, 0.2) is 0 Å². The van der Waals surface area contributed by atoms with E-state index in [1.807, 2.05) is 20.8 Å². The lowest BCUT2D eigenvalue weighted by molar-refractivity contribution is 0.139. The van der Waals surface area contributed by atoms with Crippen molar-refractivity contribution in [2.45, 2.75) is 52.9 Å². The number of unbranched alkanes of at least 4 members (excludes halogenated alkanes) is 3. The van der Waals surface area contributed by atoms with Gasteiger partial charge in [0.1, 0.15) is 24.7 Å². The Morgan fingerprint density at radius 1 is 1.07 bits per heavy atom. The average molecular weight is 404 g/mol. The Morgan fingerprint density at radius 3 is 2.41 bits per heavy atom. The smallest absolute Gasteiger partial charge is 0.269 e. The summed E-state index contributed by atoms with van der Waals surface area (Å²) in [4.78, 5) is 5.15. The first-order valence-corrected chi connectivity index (χ1v) is 9.54. The van der Waals surface area contributed by atoms with Crippen molar-refractivity contribution in [3.63, 3.8) is 0 Å². The van der Waals surface area contributed by atoms with E-state index >= 15 is 0 Å². The topological polar surface area (TPSA) is 40.0 Å². The molecule has 0 unspecified atom stereocenters. The van der Waals surface area contributed by atoms with Crippen LogP contribution in [0.2, 0.25) is 5.02 Å². The largest absolute Gasteiger partial charge is 0.492 e. The van der Waals surface area contributed by atoms with E-state index in [1.54, 1.807) is 12.1 Å². The molecule has 1 rings (SSSR count). The third kappa shape index (κ3) is 10.2. The first kappa shape index (κ1) is 23.2. The summed E-state index contributed by atoms with van der Waals surface area (Å²) in [6.45, 7) is 6.76. The first-order chi connectivity index (χ1) is 12.9. The van der Waals surface area contributed by atoms with E-state index in [1.165, 1.54) is 0 Å². The molecule has 0 atom stereocenters. The van der Waals surface area contributed by atoms with Gasteiger partial charge in [-0.3, -0.25) is 0 Å². The van der Waals surface area contributed by atoms with Crippen LogP contribution in [0.3, 0.4) is 0 Å². The van der Waals surface area contributed by atoms with Crippen LogP contribution in [0.1, 0.15) is 52.0 Å². The molecule has 0 bridgehead atoms. The van der Waals surface area contributed by atoms with E-state index in [0.29, 0.717) is 42.2 Å². The van der Waals surface area contributed by atoms with Crippen molar-refractivity contribution in [1.29, 1.82) is 0 Å². The normalized spacial score (nSPS) is 10.3. The maximum Gasteiger partial charge on any atom is 0.269 e. The number of nitrogens with zero attached hydrogens (tertiary/aromatic N) is 1. The van der Waals surface area contributed by atoms with E-state index in [-0.39, 0.29) is 6.61 Å². The highest BCUT2D eigenvalue weighted by molar-refractivity contribution is 6.32. The molecule has 0 N–H and O–H groups in total. The monoisotopic (exact) mass is 403 g/mol. The van der Waals surface area contributed by atoms with Gasteiger partial charge in [-0.25, -0.2) is 0 Å². The molecule has 4 nitrogen and oxygen atoms in total. The molecule has 7 heteroatoms. The Morgan fingerprint density at radius 2 is 1.78 bits per heavy atom. The van der Waals surface area contributed by atoms with Crippen LogP contribution in [0.4, 0.5) is 8.78 Å². The second kappa shape index (κ2) is 13.4. The minimum absolute atomic E-state index is 0.200. The Kier molecular flexibility index (Phi) is 11.5. The number of benzene rings is 1. The summed E-state index contributed by atoms with van der Waals surface area (Å²) in [5, 5.41) is 4.31. The summed E-state index contributed by atoms with van der Waals surface area (Å²) in [6.07, 6.45) is 3.59. The Balaban J connectivity index is 2.39. The molecule has 27 heavy (non-hydrogen) atoms. The fourth-order valence-electron chi connectivity index (χ4n) is 2.30. The quantitative estimate of drug-likeness (QED) is 0.217. The zero-order valence-electron chi connectivity index (χ0n) is 16.2. The molecule has 152 valence electrons. The van der Waals surface area contributed by atoms with Crippen LogP contribution in [-0.4, -0.2) is 25.5 Å². The van der Waals surface area contributed by atoms with Crippen LogP contribution < -0.4 is 9.47 Å². The third-order valence-corrected chi connectivity index (χ3v) is 3.87. The van der Waals surface area contributed by atoms with Crippen molar-refractivity contribution >= 4 is 17.3 Å². The van der Waals surface area contributed by atoms with Crippen LogP contribution in [0.25, 0.3) is 0 Å². The molecule has 0 saturated carbocycles. The standard InChI is InChI=1S/C20H28ClF2NO3/c1-4-16-13-17(25-12-9-19(22)23)14-18(21)20(16)26-10-7-5-6-8-11-27-24-15(2)3/h9,13-14H,4-8,10-12H2,1-3H3. The Bertz CT molecular complexity index is 628. The predicted octanol–water partition coefficient (Wildman–Crippen LogP) is 6.41. The minimum Gasteiger partial charge on any atom is -0.492 e. The van der Waals surface area contributed by atoms with Gasteiger partial charge >= 0.3 is 0 Å². The predicted molar refractivity (Wildman–Crippen MR) is 105 cm³/mol. The van der Waals surface area contributed by atoms with Gasteiger partial charge in [0.2, 0.25) is 0 Å². The van der Waals surface area contributed by atoms with Gasteiger partial charge in [0.05, 0.1) is 17.3 Å². The zero-order valence-corrected chi connectivity index (χ0v) is 17.0. The molecule has 1 aromatic carbocycles. The number of hydrogen-bond acceptors (Lipinski definition) is 4. The van der Waals surface area contributed by atoms with Crippen LogP contribution in [0.15, 0.2) is 29.4 Å². The number of hydrogen-bond donors (Lipinski definition) is 0. The van der Waals surface area contributed by atoms with Crippen LogP contribution in [-0.2, 0) is 11.3 Å². The molecule has 0 aromatic heterocycles. The van der Waals surface area contributed by atoms with E-state index in [4.69, 9.17) is 25.9 Å². The van der Waals surface area contributed by atoms with Crippen LogP contribution in [0.5, 0.6) is 11.5 Å². The van der Waals surface area contributed by atoms with E-state index in [2.05, 4.69) is 5.16 Å². The number of ether oxygens (including phenoxy) is 2. The summed E-state index contributed by atoms with van der Waals surface area (Å²) >= 11 is 6.28. The maximum absolute atomic E-state index is 12.1. The highest BCUT2D eigenvalue weighted by atomic mass is 35.5. The molecule has 0 fully saturated rings. The molecule has 0 amide bonds. The molecular formula is C20H28ClF2NO3. The summed E-state index contributed by atoms with van der Waals surface area (Å²) in [6, 6.07) is 3.37. The molecule has 1 aromatic rings. The lowest BCUT2D eigenvalue weighted by atomic mass is 10.1. The number of aryl methyl sites for hydroxylation is 1. The van der Waals surface area contributed by atoms with Gasteiger partial charge in [0, 0.05) is 12.1 Å². The fraction of sp³-hybridized carbons (Fsp3) is 0.550. The molecule has 0 aliphatic rings. The molecule has 0 saturated heterocycles. The molecular weight excluding hydrogens is 376 g/mol. The molecule has 0 heterocycles. The van der Waals surface area contributed by atoms with Crippen molar-refractivity contribution in [3.05, 3.63) is 34.9 Å². The van der Waals surface area contributed by atoms with Crippen molar-refractivity contribution in [2.75, 3.05) is 19.8 Å². The Labute approximate surface area is 165 Å². The van der Waals surface area contributed by atoms with Crippen molar-refractivity contribution < 1.29 is 23.1 Å². The number of halogens is 3.